The number of benzene rings is 1. The van der Waals surface area contributed by atoms with Crippen LogP contribution in [-0.4, -0.2) is 57.1 Å². The van der Waals surface area contributed by atoms with Crippen LogP contribution in [0, 0.1) is 12.7 Å². The van der Waals surface area contributed by atoms with Gasteiger partial charge in [0, 0.05) is 30.7 Å². The van der Waals surface area contributed by atoms with Gasteiger partial charge < -0.3 is 20.3 Å². The highest BCUT2D eigenvalue weighted by Gasteiger charge is 2.41. The molecule has 1 amide bonds. The molecule has 2 N–H and O–H groups in total. The number of hydrogen-bond acceptors (Lipinski definition) is 7. The van der Waals surface area contributed by atoms with Crippen molar-refractivity contribution in [3.8, 4) is 22.7 Å². The molecule has 3 aromatic heterocycles. The van der Waals surface area contributed by atoms with Crippen molar-refractivity contribution in [2.45, 2.75) is 45.7 Å². The minimum Gasteiger partial charge on any atom is -0.484 e. The average molecular weight is 672 g/mol. The number of aromatic nitrogens is 3. The van der Waals surface area contributed by atoms with E-state index < -0.39 is 11.4 Å². The van der Waals surface area contributed by atoms with E-state index in [0.29, 0.717) is 35.5 Å². The molecular formula is C32H30Cl3FN6O3. The second-order valence-electron chi connectivity index (χ2n) is 11.6. The number of pyridine rings is 3. The number of carbonyl (C=O) groups is 1. The number of rotatable bonds is 4. The first kappa shape index (κ1) is 31.1. The zero-order valence-electron chi connectivity index (χ0n) is 25.0. The molecule has 0 radical (unpaired) electrons. The summed E-state index contributed by atoms with van der Waals surface area (Å²) in [5.74, 6) is -0.976. The topological polar surface area (TPSA) is 107 Å². The number of ether oxygens (including phenoxy) is 1. The predicted molar refractivity (Wildman–Crippen MR) is 177 cm³/mol. The molecule has 4 aromatic rings. The molecule has 1 aromatic carbocycles. The van der Waals surface area contributed by atoms with Crippen molar-refractivity contribution < 1.29 is 13.9 Å². The maximum absolute atomic E-state index is 15.6. The van der Waals surface area contributed by atoms with Gasteiger partial charge in [-0.3, -0.25) is 19.1 Å². The Morgan fingerprint density at radius 3 is 2.60 bits per heavy atom. The number of amides is 1. The van der Waals surface area contributed by atoms with Crippen LogP contribution in [0.5, 0.6) is 5.75 Å². The third-order valence-electron chi connectivity index (χ3n) is 8.41. The molecule has 6 rings (SSSR count). The van der Waals surface area contributed by atoms with Crippen LogP contribution in [0.3, 0.4) is 0 Å². The van der Waals surface area contributed by atoms with Gasteiger partial charge in [0.15, 0.2) is 11.5 Å². The van der Waals surface area contributed by atoms with Crippen molar-refractivity contribution in [2.24, 2.45) is 0 Å². The van der Waals surface area contributed by atoms with Crippen LogP contribution >= 0.6 is 34.8 Å². The van der Waals surface area contributed by atoms with Gasteiger partial charge >= 0.3 is 5.56 Å². The zero-order chi connectivity index (χ0) is 32.5. The molecule has 2 atom stereocenters. The fourth-order valence-corrected chi connectivity index (χ4v) is 6.94. The van der Waals surface area contributed by atoms with Crippen LogP contribution in [0.4, 0.5) is 15.8 Å². The van der Waals surface area contributed by atoms with Gasteiger partial charge in [0.2, 0.25) is 11.7 Å². The molecule has 9 nitrogen and oxygen atoms in total. The summed E-state index contributed by atoms with van der Waals surface area (Å²) in [6.45, 7) is 12.3. The largest absolute Gasteiger partial charge is 0.484 e. The third-order valence-corrected chi connectivity index (χ3v) is 9.29. The standard InChI is InChI=1S/C32H30Cl3FN6O3/c1-6-22(43)40-12-17-13-45-30-29(41(17)11-16(40)5)18-9-21(35)27(23-24(36)19(33)10-20(34)25(23)37)39-31(18)42(32(30)44)28-15(4)7-8-38-26(28)14(2)3/h6-10,14,16-17H,1,11-13,37H2,2-5H3. The van der Waals surface area contributed by atoms with Crippen molar-refractivity contribution in [3.63, 3.8) is 0 Å². The van der Waals surface area contributed by atoms with Crippen molar-refractivity contribution in [1.29, 1.82) is 0 Å². The Bertz CT molecular complexity index is 1950. The average Bonchev–Trinajstić information content (AvgIpc) is 3.00. The Morgan fingerprint density at radius 1 is 1.18 bits per heavy atom. The zero-order valence-corrected chi connectivity index (χ0v) is 27.3. The molecule has 2 unspecified atom stereocenters. The molecule has 2 aliphatic rings. The van der Waals surface area contributed by atoms with E-state index >= 15 is 4.39 Å². The molecule has 0 aliphatic carbocycles. The summed E-state index contributed by atoms with van der Waals surface area (Å²) in [5, 5.41) is 0.317. The lowest BCUT2D eigenvalue weighted by Crippen LogP contribution is -2.62. The maximum Gasteiger partial charge on any atom is 0.301 e. The van der Waals surface area contributed by atoms with E-state index in [9.17, 15) is 9.59 Å². The molecule has 5 heterocycles. The van der Waals surface area contributed by atoms with Gasteiger partial charge in [-0.1, -0.05) is 55.2 Å². The Kier molecular flexibility index (Phi) is 7.95. The number of fused-ring (bicyclic) bond motifs is 5. The van der Waals surface area contributed by atoms with E-state index in [2.05, 4.69) is 16.5 Å². The summed E-state index contributed by atoms with van der Waals surface area (Å²) in [6.07, 6.45) is 2.98. The van der Waals surface area contributed by atoms with Crippen molar-refractivity contribution >= 4 is 63.1 Å². The highest BCUT2D eigenvalue weighted by molar-refractivity contribution is 6.38. The lowest BCUT2D eigenvalue weighted by Gasteiger charge is -2.48. The van der Waals surface area contributed by atoms with E-state index in [1.807, 2.05) is 27.7 Å². The van der Waals surface area contributed by atoms with Crippen LogP contribution < -0.4 is 20.9 Å². The van der Waals surface area contributed by atoms with Gasteiger partial charge in [-0.2, -0.15) is 0 Å². The summed E-state index contributed by atoms with van der Waals surface area (Å²) in [5.41, 5.74) is 8.11. The first-order valence-electron chi connectivity index (χ1n) is 14.4. The molecule has 0 bridgehead atoms. The van der Waals surface area contributed by atoms with Gasteiger partial charge in [-0.05, 0) is 49.6 Å². The summed E-state index contributed by atoms with van der Waals surface area (Å²) in [6, 6.07) is 4.18. The van der Waals surface area contributed by atoms with Crippen LogP contribution in [0.2, 0.25) is 15.1 Å². The van der Waals surface area contributed by atoms with E-state index in [4.69, 9.17) is 50.3 Å². The lowest BCUT2D eigenvalue weighted by molar-refractivity contribution is -0.129. The molecule has 0 spiro atoms. The molecule has 1 fully saturated rings. The maximum atomic E-state index is 15.6. The summed E-state index contributed by atoms with van der Waals surface area (Å²) in [7, 11) is 0. The normalized spacial score (nSPS) is 17.7. The quantitative estimate of drug-likeness (QED) is 0.149. The Labute approximate surface area is 274 Å². The SMILES string of the molecule is C=CC(=O)N1CC2COc3c(c4cc(Cl)c(-c5c(N)c(Cl)cc(Cl)c5F)nc4n(-c4c(C)ccnc4C(C)C)c3=O)N2CC1C. The molecule has 2 aliphatic heterocycles. The van der Waals surface area contributed by atoms with Gasteiger partial charge in [0.25, 0.3) is 0 Å². The van der Waals surface area contributed by atoms with Crippen LogP contribution in [0.25, 0.3) is 28.0 Å². The molecule has 45 heavy (non-hydrogen) atoms. The molecule has 13 heteroatoms. The Hall–Kier alpha value is -3.86. The van der Waals surface area contributed by atoms with E-state index in [0.717, 1.165) is 5.56 Å². The number of nitrogen functional groups attached to an aromatic ring is 1. The van der Waals surface area contributed by atoms with E-state index in [-0.39, 0.29) is 73.9 Å². The first-order chi connectivity index (χ1) is 21.3. The summed E-state index contributed by atoms with van der Waals surface area (Å²) < 4.78 is 23.3. The number of carbonyl (C=O) groups excluding carboxylic acids is 1. The second-order valence-corrected chi connectivity index (χ2v) is 12.9. The summed E-state index contributed by atoms with van der Waals surface area (Å²) in [4.78, 5) is 40.5. The lowest BCUT2D eigenvalue weighted by atomic mass is 10.0. The number of nitrogens with two attached hydrogens (primary N) is 1. The number of nitrogens with zero attached hydrogens (tertiary/aromatic N) is 5. The molecule has 1 saturated heterocycles. The minimum atomic E-state index is -0.847. The van der Waals surface area contributed by atoms with Gasteiger partial charge in [0.1, 0.15) is 6.61 Å². The molecule has 234 valence electrons. The van der Waals surface area contributed by atoms with Gasteiger partial charge in [-0.15, -0.1) is 0 Å². The smallest absolute Gasteiger partial charge is 0.301 e. The Morgan fingerprint density at radius 2 is 1.91 bits per heavy atom. The number of piperazine rings is 1. The Balaban J connectivity index is 1.72. The number of hydrogen-bond donors (Lipinski definition) is 1. The van der Waals surface area contributed by atoms with Crippen LogP contribution in [-0.2, 0) is 4.79 Å². The highest BCUT2D eigenvalue weighted by atomic mass is 35.5. The molecule has 0 saturated carbocycles. The van der Waals surface area contributed by atoms with E-state index in [1.165, 1.54) is 16.7 Å². The second kappa shape index (κ2) is 11.5. The predicted octanol–water partition coefficient (Wildman–Crippen LogP) is 6.55. The first-order valence-corrected chi connectivity index (χ1v) is 15.5. The number of halogens is 4. The number of aryl methyl sites for hydroxylation is 1. The van der Waals surface area contributed by atoms with Crippen molar-refractivity contribution in [1.82, 2.24) is 19.4 Å². The van der Waals surface area contributed by atoms with Gasteiger partial charge in [0.05, 0.1) is 55.1 Å². The highest BCUT2D eigenvalue weighted by Crippen LogP contribution is 2.45. The molecular weight excluding hydrogens is 642 g/mol. The van der Waals surface area contributed by atoms with Gasteiger partial charge in [-0.25, -0.2) is 9.37 Å². The fraction of sp³-hybridized carbons (Fsp3) is 0.312. The van der Waals surface area contributed by atoms with Crippen LogP contribution in [0.1, 0.15) is 37.9 Å². The minimum absolute atomic E-state index is 0.0274. The summed E-state index contributed by atoms with van der Waals surface area (Å²) >= 11 is 19.3. The third kappa shape index (κ3) is 4.90. The van der Waals surface area contributed by atoms with Crippen molar-refractivity contribution in [2.75, 3.05) is 30.3 Å². The monoisotopic (exact) mass is 670 g/mol. The number of anilines is 2. The van der Waals surface area contributed by atoms with Crippen molar-refractivity contribution in [3.05, 3.63) is 79.5 Å². The van der Waals surface area contributed by atoms with E-state index in [1.54, 1.807) is 23.2 Å². The van der Waals surface area contributed by atoms with Crippen LogP contribution in [0.15, 0.2) is 41.8 Å². The fourth-order valence-electron chi connectivity index (χ4n) is 6.23.